The van der Waals surface area contributed by atoms with E-state index in [1.165, 1.54) is 32.0 Å². The third kappa shape index (κ3) is 4.16. The van der Waals surface area contributed by atoms with Crippen molar-refractivity contribution in [3.63, 3.8) is 0 Å². The molecule has 6 rings (SSSR count). The van der Waals surface area contributed by atoms with Crippen molar-refractivity contribution in [3.05, 3.63) is 84.4 Å². The Morgan fingerprint density at radius 1 is 0.543 bits per heavy atom. The van der Waals surface area contributed by atoms with Gasteiger partial charge in [-0.1, -0.05) is 24.3 Å². The highest BCUT2D eigenvalue weighted by Gasteiger charge is 2.22. The molecule has 0 amide bonds. The second-order valence-corrected chi connectivity index (χ2v) is 7.75. The predicted molar refractivity (Wildman–Crippen MR) is 123 cm³/mol. The standard InChI is InChI=1S/C26H16BF2O6/c28-17-5-1-15(2-6-17)19-9-23-25(32-13-30-23)11-21(19)34-27-35-22-12-26-24(31-14-33-26)10-20(22)16-3-7-18(29)8-4-16/h1-12H,13-14H2. The Balaban J connectivity index is 1.29. The highest BCUT2D eigenvalue weighted by Crippen LogP contribution is 2.44. The number of rotatable bonds is 6. The van der Waals surface area contributed by atoms with Gasteiger partial charge in [0.15, 0.2) is 23.0 Å². The summed E-state index contributed by atoms with van der Waals surface area (Å²) < 4.78 is 60.6. The Kier molecular flexibility index (Phi) is 5.29. The first-order valence-electron chi connectivity index (χ1n) is 10.7. The number of ether oxygens (including phenoxy) is 4. The summed E-state index contributed by atoms with van der Waals surface area (Å²) in [6.45, 7) is 0.195. The molecule has 0 aliphatic carbocycles. The number of benzene rings is 4. The molecular weight excluding hydrogens is 457 g/mol. The zero-order valence-corrected chi connectivity index (χ0v) is 18.1. The molecule has 0 bridgehead atoms. The lowest BCUT2D eigenvalue weighted by Crippen LogP contribution is -2.12. The number of fused-ring (bicyclic) bond motifs is 2. The maximum Gasteiger partial charge on any atom is 0.658 e. The van der Waals surface area contributed by atoms with Crippen LogP contribution in [0, 0.1) is 11.6 Å². The van der Waals surface area contributed by atoms with Crippen molar-refractivity contribution in [2.45, 2.75) is 0 Å². The van der Waals surface area contributed by atoms with Gasteiger partial charge in [0.25, 0.3) is 0 Å². The van der Waals surface area contributed by atoms with Crippen LogP contribution in [0.25, 0.3) is 22.3 Å². The van der Waals surface area contributed by atoms with Gasteiger partial charge in [0.1, 0.15) is 23.1 Å². The van der Waals surface area contributed by atoms with Crippen LogP contribution in [0.5, 0.6) is 34.5 Å². The van der Waals surface area contributed by atoms with Gasteiger partial charge in [0.05, 0.1) is 0 Å². The predicted octanol–water partition coefficient (Wildman–Crippen LogP) is 5.75. The van der Waals surface area contributed by atoms with Gasteiger partial charge in [-0.3, -0.25) is 0 Å². The van der Waals surface area contributed by atoms with E-state index in [1.807, 2.05) is 0 Å². The van der Waals surface area contributed by atoms with Crippen LogP contribution in [-0.2, 0) is 0 Å². The van der Waals surface area contributed by atoms with Gasteiger partial charge in [0.2, 0.25) is 13.6 Å². The monoisotopic (exact) mass is 473 g/mol. The fourth-order valence-corrected chi connectivity index (χ4v) is 3.88. The highest BCUT2D eigenvalue weighted by molar-refractivity contribution is 6.21. The molecule has 0 spiro atoms. The lowest BCUT2D eigenvalue weighted by molar-refractivity contribution is 0.173. The van der Waals surface area contributed by atoms with Gasteiger partial charge in [0, 0.05) is 23.3 Å². The molecule has 0 aromatic heterocycles. The van der Waals surface area contributed by atoms with Crippen LogP contribution in [0.2, 0.25) is 0 Å². The molecular formula is C26H16BF2O6. The van der Waals surface area contributed by atoms with Crippen LogP contribution in [0.15, 0.2) is 72.8 Å². The molecule has 9 heteroatoms. The van der Waals surface area contributed by atoms with Crippen LogP contribution in [-0.4, -0.2) is 21.3 Å². The van der Waals surface area contributed by atoms with E-state index < -0.39 is 0 Å². The fraction of sp³-hybridized carbons (Fsp3) is 0.0769. The van der Waals surface area contributed by atoms with Gasteiger partial charge < -0.3 is 28.3 Å². The normalized spacial score (nSPS) is 13.0. The molecule has 0 saturated carbocycles. The van der Waals surface area contributed by atoms with Crippen LogP contribution >= 0.6 is 0 Å². The Labute approximate surface area is 199 Å². The molecule has 0 saturated heterocycles. The summed E-state index contributed by atoms with van der Waals surface area (Å²) in [4.78, 5) is 0. The zero-order valence-electron chi connectivity index (χ0n) is 18.1. The van der Waals surface area contributed by atoms with Crippen molar-refractivity contribution >= 4 is 7.69 Å². The van der Waals surface area contributed by atoms with E-state index >= 15 is 0 Å². The van der Waals surface area contributed by atoms with Crippen LogP contribution < -0.4 is 28.3 Å². The Hall–Kier alpha value is -4.40. The molecule has 4 aromatic carbocycles. The zero-order chi connectivity index (χ0) is 23.8. The van der Waals surface area contributed by atoms with Crippen LogP contribution in [0.3, 0.4) is 0 Å². The smallest absolute Gasteiger partial charge is 0.526 e. The van der Waals surface area contributed by atoms with Crippen molar-refractivity contribution in [2.75, 3.05) is 13.6 Å². The summed E-state index contributed by atoms with van der Waals surface area (Å²) in [6.07, 6.45) is 0. The summed E-state index contributed by atoms with van der Waals surface area (Å²) >= 11 is 0. The minimum Gasteiger partial charge on any atom is -0.526 e. The SMILES string of the molecule is Fc1ccc(-c2cc3c(cc2O[B]Oc2cc4c(cc2-c2ccc(F)cc2)OCO4)OCO3)cc1. The molecule has 4 aromatic rings. The second-order valence-electron chi connectivity index (χ2n) is 7.75. The lowest BCUT2D eigenvalue weighted by atomic mass is 10.0. The number of halogens is 2. The van der Waals surface area contributed by atoms with Crippen LogP contribution in [0.4, 0.5) is 8.78 Å². The molecule has 6 nitrogen and oxygen atoms in total. The molecule has 1 radical (unpaired) electrons. The average Bonchev–Trinajstić information content (AvgIpc) is 3.53. The molecule has 173 valence electrons. The van der Waals surface area contributed by atoms with E-state index in [2.05, 4.69) is 0 Å². The molecule has 0 atom stereocenters. The van der Waals surface area contributed by atoms with Crippen molar-refractivity contribution in [1.82, 2.24) is 0 Å². The van der Waals surface area contributed by atoms with E-state index in [-0.39, 0.29) is 25.2 Å². The molecule has 0 fully saturated rings. The van der Waals surface area contributed by atoms with Crippen molar-refractivity contribution in [2.24, 2.45) is 0 Å². The molecule has 2 heterocycles. The minimum absolute atomic E-state index is 0.0973. The summed E-state index contributed by atoms with van der Waals surface area (Å²) in [7, 11) is 1.18. The quantitative estimate of drug-likeness (QED) is 0.333. The van der Waals surface area contributed by atoms with E-state index in [0.717, 1.165) is 11.1 Å². The second kappa shape index (κ2) is 8.75. The average molecular weight is 473 g/mol. The van der Waals surface area contributed by atoms with Gasteiger partial charge in [-0.2, -0.15) is 0 Å². The van der Waals surface area contributed by atoms with Crippen molar-refractivity contribution in [1.29, 1.82) is 0 Å². The van der Waals surface area contributed by atoms with E-state index in [0.29, 0.717) is 45.6 Å². The molecule has 0 N–H and O–H groups in total. The summed E-state index contributed by atoms with van der Waals surface area (Å²) in [6, 6.07) is 18.9. The van der Waals surface area contributed by atoms with Crippen molar-refractivity contribution in [3.8, 4) is 56.8 Å². The molecule has 2 aliphatic rings. The number of hydrogen-bond acceptors (Lipinski definition) is 6. The maximum absolute atomic E-state index is 13.5. The minimum atomic E-state index is -0.344. The van der Waals surface area contributed by atoms with Crippen molar-refractivity contribution < 1.29 is 37.0 Å². The first-order chi connectivity index (χ1) is 17.1. The lowest BCUT2D eigenvalue weighted by Gasteiger charge is -2.15. The molecule has 0 unspecified atom stereocenters. The van der Waals surface area contributed by atoms with Gasteiger partial charge in [-0.15, -0.1) is 0 Å². The third-order valence-electron chi connectivity index (χ3n) is 5.61. The van der Waals surface area contributed by atoms with E-state index in [9.17, 15) is 8.78 Å². The van der Waals surface area contributed by atoms with Crippen LogP contribution in [0.1, 0.15) is 0 Å². The fourth-order valence-electron chi connectivity index (χ4n) is 3.88. The first kappa shape index (κ1) is 21.2. The Morgan fingerprint density at radius 3 is 1.31 bits per heavy atom. The first-order valence-corrected chi connectivity index (χ1v) is 10.7. The summed E-state index contributed by atoms with van der Waals surface area (Å²) in [5.41, 5.74) is 2.78. The highest BCUT2D eigenvalue weighted by atomic mass is 19.1. The summed E-state index contributed by atoms with van der Waals surface area (Å²) in [5.74, 6) is 2.32. The third-order valence-corrected chi connectivity index (χ3v) is 5.61. The molecule has 35 heavy (non-hydrogen) atoms. The largest absolute Gasteiger partial charge is 0.658 e. The molecule has 2 aliphatic heterocycles. The maximum atomic E-state index is 13.5. The van der Waals surface area contributed by atoms with Gasteiger partial charge in [-0.25, -0.2) is 8.78 Å². The summed E-state index contributed by atoms with van der Waals surface area (Å²) in [5, 5.41) is 0. The Bertz CT molecular complexity index is 1290. The number of hydrogen-bond donors (Lipinski definition) is 0. The van der Waals surface area contributed by atoms with Gasteiger partial charge in [-0.05, 0) is 47.5 Å². The van der Waals surface area contributed by atoms with E-state index in [4.69, 9.17) is 28.3 Å². The topological polar surface area (TPSA) is 55.4 Å². The Morgan fingerprint density at radius 2 is 0.914 bits per heavy atom. The van der Waals surface area contributed by atoms with Gasteiger partial charge >= 0.3 is 7.69 Å². The van der Waals surface area contributed by atoms with E-state index in [1.54, 1.807) is 48.5 Å².